The molecule has 0 spiro atoms. The van der Waals surface area contributed by atoms with Crippen LogP contribution >= 0.6 is 11.6 Å². The molecule has 0 fully saturated rings. The Morgan fingerprint density at radius 1 is 1.24 bits per heavy atom. The molecule has 0 unspecified atom stereocenters. The van der Waals surface area contributed by atoms with Gasteiger partial charge in [0.1, 0.15) is 11.0 Å². The average molecular weight is 304 g/mol. The van der Waals surface area contributed by atoms with Gasteiger partial charge in [-0.05, 0) is 30.9 Å². The highest BCUT2D eigenvalue weighted by Crippen LogP contribution is 2.33. The molecule has 1 aliphatic rings. The highest BCUT2D eigenvalue weighted by Gasteiger charge is 2.20. The van der Waals surface area contributed by atoms with Gasteiger partial charge in [0.15, 0.2) is 0 Å². The zero-order valence-corrected chi connectivity index (χ0v) is 12.1. The van der Waals surface area contributed by atoms with Crippen LogP contribution in [0.3, 0.4) is 0 Å². The molecule has 108 valence electrons. The molecule has 0 N–H and O–H groups in total. The third-order valence-corrected chi connectivity index (χ3v) is 3.81. The molecule has 1 aromatic carbocycles. The molecule has 3 rings (SSSR count). The summed E-state index contributed by atoms with van der Waals surface area (Å²) < 4.78 is 0. The maximum absolute atomic E-state index is 11.0. The first-order valence-electron chi connectivity index (χ1n) is 6.82. The van der Waals surface area contributed by atoms with E-state index in [4.69, 9.17) is 11.6 Å². The van der Waals surface area contributed by atoms with Crippen LogP contribution < -0.4 is 4.90 Å². The molecular formula is C15H14ClN3O2. The summed E-state index contributed by atoms with van der Waals surface area (Å²) in [7, 11) is 0. The van der Waals surface area contributed by atoms with Crippen molar-refractivity contribution in [1.82, 2.24) is 4.98 Å². The van der Waals surface area contributed by atoms with Crippen LogP contribution in [0.25, 0.3) is 0 Å². The van der Waals surface area contributed by atoms with Gasteiger partial charge in [-0.2, -0.15) is 0 Å². The first-order chi connectivity index (χ1) is 10.1. The molecule has 6 heteroatoms. The van der Waals surface area contributed by atoms with Crippen molar-refractivity contribution in [2.45, 2.75) is 19.3 Å². The minimum absolute atomic E-state index is 0.0354. The molecule has 0 amide bonds. The van der Waals surface area contributed by atoms with E-state index >= 15 is 0 Å². The summed E-state index contributed by atoms with van der Waals surface area (Å²) in [5.41, 5.74) is 2.25. The van der Waals surface area contributed by atoms with Gasteiger partial charge in [0.05, 0.1) is 17.1 Å². The number of halogens is 1. The summed E-state index contributed by atoms with van der Waals surface area (Å²) in [6.45, 7) is 0.779. The van der Waals surface area contributed by atoms with Crippen LogP contribution in [0.15, 0.2) is 36.4 Å². The molecule has 0 radical (unpaired) electrons. The number of fused-ring (bicyclic) bond motifs is 1. The molecule has 2 heterocycles. The van der Waals surface area contributed by atoms with E-state index in [0.717, 1.165) is 31.5 Å². The van der Waals surface area contributed by atoms with Crippen molar-refractivity contribution in [2.24, 2.45) is 0 Å². The second-order valence-electron chi connectivity index (χ2n) is 5.00. The molecule has 0 atom stereocenters. The minimum atomic E-state index is -0.444. The van der Waals surface area contributed by atoms with Gasteiger partial charge in [-0.25, -0.2) is 4.98 Å². The number of para-hydroxylation sites is 1. The predicted molar refractivity (Wildman–Crippen MR) is 82.3 cm³/mol. The maximum atomic E-state index is 11.0. The van der Waals surface area contributed by atoms with Crippen molar-refractivity contribution in [3.8, 4) is 0 Å². The van der Waals surface area contributed by atoms with E-state index in [-0.39, 0.29) is 10.8 Å². The van der Waals surface area contributed by atoms with Crippen LogP contribution in [0, 0.1) is 10.1 Å². The van der Waals surface area contributed by atoms with E-state index in [0.29, 0.717) is 5.82 Å². The SMILES string of the molecule is O=[N+]([O-])c1cc(Cl)nc(N2CCCCc3ccccc32)c1. The van der Waals surface area contributed by atoms with Crippen molar-refractivity contribution in [3.05, 3.63) is 57.2 Å². The summed E-state index contributed by atoms with van der Waals surface area (Å²) in [4.78, 5) is 16.8. The summed E-state index contributed by atoms with van der Waals surface area (Å²) in [6.07, 6.45) is 3.11. The van der Waals surface area contributed by atoms with Crippen LogP contribution in [0.2, 0.25) is 5.15 Å². The Labute approximate surface area is 127 Å². The molecule has 0 saturated carbocycles. The van der Waals surface area contributed by atoms with Crippen molar-refractivity contribution in [1.29, 1.82) is 0 Å². The van der Waals surface area contributed by atoms with Gasteiger partial charge in [-0.1, -0.05) is 29.8 Å². The number of aromatic nitrogens is 1. The quantitative estimate of drug-likeness (QED) is 0.476. The van der Waals surface area contributed by atoms with E-state index < -0.39 is 4.92 Å². The molecule has 1 aromatic heterocycles. The molecule has 0 bridgehead atoms. The first-order valence-corrected chi connectivity index (χ1v) is 7.20. The van der Waals surface area contributed by atoms with Gasteiger partial charge < -0.3 is 4.90 Å². The Morgan fingerprint density at radius 2 is 2.05 bits per heavy atom. The second kappa shape index (κ2) is 5.69. The number of rotatable bonds is 2. The van der Waals surface area contributed by atoms with Crippen LogP contribution in [-0.2, 0) is 6.42 Å². The second-order valence-corrected chi connectivity index (χ2v) is 5.39. The van der Waals surface area contributed by atoms with Crippen molar-refractivity contribution < 1.29 is 4.92 Å². The van der Waals surface area contributed by atoms with Crippen LogP contribution in [-0.4, -0.2) is 16.5 Å². The number of nitro groups is 1. The Balaban J connectivity index is 2.09. The van der Waals surface area contributed by atoms with Crippen molar-refractivity contribution in [3.63, 3.8) is 0 Å². The Bertz CT molecular complexity index is 690. The van der Waals surface area contributed by atoms with Gasteiger partial charge in [-0.3, -0.25) is 10.1 Å². The zero-order chi connectivity index (χ0) is 14.8. The number of hydrogen-bond donors (Lipinski definition) is 0. The van der Waals surface area contributed by atoms with E-state index in [9.17, 15) is 10.1 Å². The summed E-state index contributed by atoms with van der Waals surface area (Å²) in [6, 6.07) is 10.8. The lowest BCUT2D eigenvalue weighted by Crippen LogP contribution is -2.19. The lowest BCUT2D eigenvalue weighted by Gasteiger charge is -2.23. The Kier molecular flexibility index (Phi) is 3.75. The number of nitrogens with zero attached hydrogens (tertiary/aromatic N) is 3. The average Bonchev–Trinajstić information content (AvgIpc) is 2.69. The van der Waals surface area contributed by atoms with Gasteiger partial charge in [-0.15, -0.1) is 0 Å². The Morgan fingerprint density at radius 3 is 2.86 bits per heavy atom. The van der Waals surface area contributed by atoms with Crippen LogP contribution in [0.1, 0.15) is 18.4 Å². The number of aryl methyl sites for hydroxylation is 1. The minimum Gasteiger partial charge on any atom is -0.326 e. The highest BCUT2D eigenvalue weighted by atomic mass is 35.5. The summed E-state index contributed by atoms with van der Waals surface area (Å²) in [5.74, 6) is 0.531. The highest BCUT2D eigenvalue weighted by molar-refractivity contribution is 6.29. The number of anilines is 2. The van der Waals surface area contributed by atoms with Gasteiger partial charge in [0.25, 0.3) is 5.69 Å². The van der Waals surface area contributed by atoms with Gasteiger partial charge in [0, 0.05) is 12.2 Å². The largest absolute Gasteiger partial charge is 0.326 e. The fourth-order valence-electron chi connectivity index (χ4n) is 2.64. The smallest absolute Gasteiger partial charge is 0.276 e. The lowest BCUT2D eigenvalue weighted by atomic mass is 10.1. The molecule has 21 heavy (non-hydrogen) atoms. The van der Waals surface area contributed by atoms with Crippen molar-refractivity contribution >= 4 is 28.8 Å². The topological polar surface area (TPSA) is 59.3 Å². The molecule has 0 saturated heterocycles. The summed E-state index contributed by atoms with van der Waals surface area (Å²) in [5, 5.41) is 11.1. The fourth-order valence-corrected chi connectivity index (χ4v) is 2.84. The third kappa shape index (κ3) is 2.83. The van der Waals surface area contributed by atoms with Crippen molar-refractivity contribution in [2.75, 3.05) is 11.4 Å². The maximum Gasteiger partial charge on any atom is 0.276 e. The third-order valence-electron chi connectivity index (χ3n) is 3.61. The molecule has 1 aliphatic heterocycles. The van der Waals surface area contributed by atoms with Crippen LogP contribution in [0.4, 0.5) is 17.2 Å². The fraction of sp³-hybridized carbons (Fsp3) is 0.267. The molecule has 2 aromatic rings. The monoisotopic (exact) mass is 303 g/mol. The van der Waals surface area contributed by atoms with E-state index in [1.807, 2.05) is 23.1 Å². The predicted octanol–water partition coefficient (Wildman–Crippen LogP) is 4.12. The van der Waals surface area contributed by atoms with Gasteiger partial charge >= 0.3 is 0 Å². The number of hydrogen-bond acceptors (Lipinski definition) is 4. The Hall–Kier alpha value is -2.14. The van der Waals surface area contributed by atoms with E-state index in [1.165, 1.54) is 17.7 Å². The standard InChI is InChI=1S/C15H14ClN3O2/c16-14-9-12(19(20)21)10-15(17-14)18-8-4-3-6-11-5-1-2-7-13(11)18/h1-2,5,7,9-10H,3-4,6,8H2. The lowest BCUT2D eigenvalue weighted by molar-refractivity contribution is -0.384. The first kappa shape index (κ1) is 13.8. The number of benzene rings is 1. The number of pyridine rings is 1. The van der Waals surface area contributed by atoms with Crippen LogP contribution in [0.5, 0.6) is 0 Å². The van der Waals surface area contributed by atoms with E-state index in [2.05, 4.69) is 11.1 Å². The zero-order valence-electron chi connectivity index (χ0n) is 11.3. The molecule has 0 aliphatic carbocycles. The molecule has 5 nitrogen and oxygen atoms in total. The summed E-state index contributed by atoms with van der Waals surface area (Å²) >= 11 is 5.94. The normalized spacial score (nSPS) is 14.4. The van der Waals surface area contributed by atoms with E-state index in [1.54, 1.807) is 0 Å². The van der Waals surface area contributed by atoms with Gasteiger partial charge in [0.2, 0.25) is 0 Å². The molecular weight excluding hydrogens is 290 g/mol.